The van der Waals surface area contributed by atoms with Gasteiger partial charge < -0.3 is 9.30 Å². The molecule has 6 nitrogen and oxygen atoms in total. The largest absolute Gasteiger partial charge is 0.444 e. The van der Waals surface area contributed by atoms with Crippen molar-refractivity contribution in [3.63, 3.8) is 0 Å². The zero-order chi connectivity index (χ0) is 19.6. The summed E-state index contributed by atoms with van der Waals surface area (Å²) >= 11 is 5.31. The van der Waals surface area contributed by atoms with Crippen molar-refractivity contribution in [3.05, 3.63) is 65.9 Å². The number of anilines is 1. The number of nitrogens with zero attached hydrogens (tertiary/aromatic N) is 2. The van der Waals surface area contributed by atoms with Crippen LogP contribution in [0.5, 0.6) is 0 Å². The minimum atomic E-state index is -1.03. The molecule has 0 spiro atoms. The molecule has 0 bridgehead atoms. The standard InChI is InChI=1S/C20H17ClN2O4/c1-22-11-16(18(24)19(21)25)15-9-8-14(10-17(15)22)23(2)20(26)27-12-13-6-4-3-5-7-13/h3-11H,12H2,1-2H3. The number of hydrogen-bond donors (Lipinski definition) is 0. The number of ether oxygens (including phenoxy) is 1. The van der Waals surface area contributed by atoms with E-state index in [1.807, 2.05) is 30.3 Å². The summed E-state index contributed by atoms with van der Waals surface area (Å²) in [7, 11) is 3.35. The van der Waals surface area contributed by atoms with Gasteiger partial charge in [0.2, 0.25) is 5.78 Å². The first kappa shape index (κ1) is 18.7. The van der Waals surface area contributed by atoms with Gasteiger partial charge in [0, 0.05) is 31.4 Å². The molecule has 0 fully saturated rings. The van der Waals surface area contributed by atoms with Crippen LogP contribution in [0.15, 0.2) is 54.7 Å². The first-order valence-electron chi connectivity index (χ1n) is 8.16. The molecule has 0 unspecified atom stereocenters. The molecule has 7 heteroatoms. The van der Waals surface area contributed by atoms with Crippen LogP contribution in [-0.4, -0.2) is 28.7 Å². The van der Waals surface area contributed by atoms with Crippen molar-refractivity contribution in [1.82, 2.24) is 4.57 Å². The van der Waals surface area contributed by atoms with Gasteiger partial charge in [-0.3, -0.25) is 14.5 Å². The van der Waals surface area contributed by atoms with Crippen molar-refractivity contribution in [3.8, 4) is 0 Å². The second-order valence-electron chi connectivity index (χ2n) is 6.06. The molecule has 27 heavy (non-hydrogen) atoms. The molecule has 0 saturated heterocycles. The molecule has 0 aliphatic rings. The lowest BCUT2D eigenvalue weighted by Crippen LogP contribution is -2.26. The van der Waals surface area contributed by atoms with Gasteiger partial charge >= 0.3 is 6.09 Å². The smallest absolute Gasteiger partial charge is 0.414 e. The Morgan fingerprint density at radius 2 is 1.81 bits per heavy atom. The summed E-state index contributed by atoms with van der Waals surface area (Å²) in [6.45, 7) is 0.174. The van der Waals surface area contributed by atoms with Crippen molar-refractivity contribution in [2.24, 2.45) is 7.05 Å². The van der Waals surface area contributed by atoms with Gasteiger partial charge in [-0.2, -0.15) is 0 Å². The third-order valence-corrected chi connectivity index (χ3v) is 4.44. The number of benzene rings is 2. The van der Waals surface area contributed by atoms with E-state index in [1.54, 1.807) is 43.1 Å². The highest BCUT2D eigenvalue weighted by Crippen LogP contribution is 2.27. The van der Waals surface area contributed by atoms with Crippen molar-refractivity contribution < 1.29 is 19.1 Å². The van der Waals surface area contributed by atoms with Crippen LogP contribution in [0.25, 0.3) is 10.9 Å². The van der Waals surface area contributed by atoms with Crippen molar-refractivity contribution in [1.29, 1.82) is 0 Å². The van der Waals surface area contributed by atoms with Crippen LogP contribution in [0.1, 0.15) is 15.9 Å². The summed E-state index contributed by atoms with van der Waals surface area (Å²) in [6.07, 6.45) is 1.05. The molecule has 1 amide bonds. The molecule has 1 aromatic heterocycles. The van der Waals surface area contributed by atoms with Gasteiger partial charge in [0.25, 0.3) is 5.24 Å². The zero-order valence-electron chi connectivity index (χ0n) is 14.8. The molecule has 0 aliphatic heterocycles. The van der Waals surface area contributed by atoms with Crippen LogP contribution in [0, 0.1) is 0 Å². The maximum Gasteiger partial charge on any atom is 0.414 e. The Kier molecular flexibility index (Phi) is 5.28. The van der Waals surface area contributed by atoms with Gasteiger partial charge in [-0.05, 0) is 29.3 Å². The third kappa shape index (κ3) is 3.85. The van der Waals surface area contributed by atoms with E-state index in [2.05, 4.69) is 0 Å². The lowest BCUT2D eigenvalue weighted by Gasteiger charge is -2.17. The van der Waals surface area contributed by atoms with E-state index in [4.69, 9.17) is 16.3 Å². The molecule has 0 N–H and O–H groups in total. The van der Waals surface area contributed by atoms with Gasteiger partial charge in [0.1, 0.15) is 6.61 Å². The van der Waals surface area contributed by atoms with Crippen LogP contribution in [0.4, 0.5) is 10.5 Å². The highest BCUT2D eigenvalue weighted by molar-refractivity contribution is 6.83. The van der Waals surface area contributed by atoms with Crippen molar-refractivity contribution in [2.45, 2.75) is 6.61 Å². The lowest BCUT2D eigenvalue weighted by atomic mass is 10.1. The summed E-state index contributed by atoms with van der Waals surface area (Å²) in [5.41, 5.74) is 2.41. The number of fused-ring (bicyclic) bond motifs is 1. The van der Waals surface area contributed by atoms with Gasteiger partial charge in [0.15, 0.2) is 0 Å². The lowest BCUT2D eigenvalue weighted by molar-refractivity contribution is -0.108. The molecule has 0 radical (unpaired) electrons. The van der Waals surface area contributed by atoms with E-state index < -0.39 is 17.1 Å². The molecule has 3 rings (SSSR count). The van der Waals surface area contributed by atoms with Crippen molar-refractivity contribution in [2.75, 3.05) is 11.9 Å². The fraction of sp³-hybridized carbons (Fsp3) is 0.150. The molecular formula is C20H17ClN2O4. The van der Waals surface area contributed by atoms with Crippen LogP contribution in [0.2, 0.25) is 0 Å². The zero-order valence-corrected chi connectivity index (χ0v) is 15.6. The number of carbonyl (C=O) groups excluding carboxylic acids is 3. The number of Topliss-reactive ketones (excluding diaryl/α,β-unsaturated/α-hetero) is 1. The molecule has 138 valence electrons. The molecule has 3 aromatic rings. The van der Waals surface area contributed by atoms with E-state index in [-0.39, 0.29) is 12.2 Å². The number of carbonyl (C=O) groups is 3. The van der Waals surface area contributed by atoms with E-state index in [0.717, 1.165) is 5.56 Å². The molecule has 0 aliphatic carbocycles. The maximum atomic E-state index is 12.3. The summed E-state index contributed by atoms with van der Waals surface area (Å²) in [5.74, 6) is -0.759. The van der Waals surface area contributed by atoms with Crippen LogP contribution in [0.3, 0.4) is 0 Å². The number of rotatable bonds is 5. The fourth-order valence-electron chi connectivity index (χ4n) is 2.79. The van der Waals surface area contributed by atoms with Gasteiger partial charge in [-0.15, -0.1) is 0 Å². The number of hydrogen-bond acceptors (Lipinski definition) is 4. The highest BCUT2D eigenvalue weighted by Gasteiger charge is 2.20. The van der Waals surface area contributed by atoms with Crippen LogP contribution in [-0.2, 0) is 23.2 Å². The monoisotopic (exact) mass is 384 g/mol. The van der Waals surface area contributed by atoms with E-state index in [9.17, 15) is 14.4 Å². The topological polar surface area (TPSA) is 68.6 Å². The quantitative estimate of drug-likeness (QED) is 0.380. The van der Waals surface area contributed by atoms with Crippen molar-refractivity contribution >= 4 is 45.3 Å². The van der Waals surface area contributed by atoms with Gasteiger partial charge in [0.05, 0.1) is 11.1 Å². The second-order valence-corrected chi connectivity index (χ2v) is 6.40. The summed E-state index contributed by atoms with van der Waals surface area (Å²) in [4.78, 5) is 36.8. The Hall–Kier alpha value is -3.12. The fourth-order valence-corrected chi connectivity index (χ4v) is 2.89. The predicted octanol–water partition coefficient (Wildman–Crippen LogP) is 3.90. The second kappa shape index (κ2) is 7.63. The summed E-state index contributed by atoms with van der Waals surface area (Å²) in [5, 5.41) is -0.445. The Labute approximate surface area is 160 Å². The SMILES string of the molecule is CN(C(=O)OCc1ccccc1)c1ccc2c(C(=O)C(=O)Cl)cn(C)c2c1. The summed E-state index contributed by atoms with van der Waals surface area (Å²) in [6, 6.07) is 14.5. The summed E-state index contributed by atoms with van der Waals surface area (Å²) < 4.78 is 7.03. The average Bonchev–Trinajstić information content (AvgIpc) is 3.01. The van der Waals surface area contributed by atoms with Gasteiger partial charge in [-0.1, -0.05) is 36.4 Å². The number of aryl methyl sites for hydroxylation is 1. The Morgan fingerprint density at radius 3 is 2.48 bits per heavy atom. The Balaban J connectivity index is 1.82. The van der Waals surface area contributed by atoms with E-state index in [1.165, 1.54) is 4.90 Å². The van der Waals surface area contributed by atoms with E-state index >= 15 is 0 Å². The highest BCUT2D eigenvalue weighted by atomic mass is 35.5. The van der Waals surface area contributed by atoms with E-state index in [0.29, 0.717) is 16.6 Å². The maximum absolute atomic E-state index is 12.3. The third-order valence-electron chi connectivity index (χ3n) is 4.26. The number of halogens is 1. The Morgan fingerprint density at radius 1 is 1.11 bits per heavy atom. The minimum Gasteiger partial charge on any atom is -0.444 e. The number of ketones is 1. The normalized spacial score (nSPS) is 10.6. The van der Waals surface area contributed by atoms with Crippen LogP contribution < -0.4 is 4.90 Å². The molecule has 1 heterocycles. The molecule has 0 atom stereocenters. The van der Waals surface area contributed by atoms with Gasteiger partial charge in [-0.25, -0.2) is 4.79 Å². The average molecular weight is 385 g/mol. The molecule has 0 saturated carbocycles. The first-order valence-corrected chi connectivity index (χ1v) is 8.54. The number of aromatic nitrogens is 1. The Bertz CT molecular complexity index is 1030. The number of amides is 1. The first-order chi connectivity index (χ1) is 12.9. The molecular weight excluding hydrogens is 368 g/mol. The van der Waals surface area contributed by atoms with Crippen LogP contribution >= 0.6 is 11.6 Å². The minimum absolute atomic E-state index is 0.174. The predicted molar refractivity (Wildman–Crippen MR) is 103 cm³/mol. The molecule has 2 aromatic carbocycles.